The van der Waals surface area contributed by atoms with Gasteiger partial charge in [0.05, 0.1) is 24.8 Å². The van der Waals surface area contributed by atoms with Crippen LogP contribution in [0.4, 0.5) is 13.2 Å². The van der Waals surface area contributed by atoms with Gasteiger partial charge in [0, 0.05) is 37.8 Å². The van der Waals surface area contributed by atoms with Gasteiger partial charge in [-0.3, -0.25) is 19.6 Å². The lowest BCUT2D eigenvalue weighted by atomic mass is 10.1. The van der Waals surface area contributed by atoms with Gasteiger partial charge in [0.15, 0.2) is 0 Å². The first-order valence-electron chi connectivity index (χ1n) is 9.84. The Labute approximate surface area is 183 Å². The molecule has 176 valence electrons. The summed E-state index contributed by atoms with van der Waals surface area (Å²) in [6.45, 7) is 6.02. The fourth-order valence-corrected chi connectivity index (χ4v) is 3.48. The van der Waals surface area contributed by atoms with Crippen molar-refractivity contribution in [2.45, 2.75) is 25.7 Å². The van der Waals surface area contributed by atoms with E-state index in [0.717, 1.165) is 25.2 Å². The number of hydrogen-bond donors (Lipinski definition) is 2. The quantitative estimate of drug-likeness (QED) is 0.682. The van der Waals surface area contributed by atoms with E-state index in [1.165, 1.54) is 16.5 Å². The number of carboxylic acid groups (broad SMARTS) is 2. The van der Waals surface area contributed by atoms with Crippen molar-refractivity contribution in [3.05, 3.63) is 41.6 Å². The Morgan fingerprint density at radius 2 is 2.00 bits per heavy atom. The van der Waals surface area contributed by atoms with Crippen molar-refractivity contribution in [2.75, 3.05) is 39.8 Å². The Hall–Kier alpha value is -2.76. The van der Waals surface area contributed by atoms with Crippen molar-refractivity contribution in [3.8, 4) is 0 Å². The van der Waals surface area contributed by atoms with Crippen molar-refractivity contribution < 1.29 is 37.7 Å². The first kappa shape index (κ1) is 25.5. The van der Waals surface area contributed by atoms with Crippen LogP contribution in [0.25, 0.3) is 10.9 Å². The van der Waals surface area contributed by atoms with Gasteiger partial charge in [-0.05, 0) is 37.2 Å². The number of benzene rings is 1. The van der Waals surface area contributed by atoms with E-state index < -0.39 is 18.1 Å². The second kappa shape index (κ2) is 11.2. The summed E-state index contributed by atoms with van der Waals surface area (Å²) in [7, 11) is 1.82. The zero-order valence-electron chi connectivity index (χ0n) is 17.8. The van der Waals surface area contributed by atoms with Crippen LogP contribution in [0.15, 0.2) is 30.5 Å². The van der Waals surface area contributed by atoms with E-state index in [4.69, 9.17) is 19.7 Å². The normalized spacial score (nSPS) is 17.1. The molecule has 32 heavy (non-hydrogen) atoms. The van der Waals surface area contributed by atoms with Gasteiger partial charge in [-0.2, -0.15) is 13.2 Å². The molecule has 1 aliphatic rings. The van der Waals surface area contributed by atoms with E-state index >= 15 is 0 Å². The number of carbonyl (C=O) groups is 2. The molecule has 2 heterocycles. The topological polar surface area (TPSA) is 103 Å². The number of ether oxygens (including phenoxy) is 1. The Bertz CT molecular complexity index is 939. The van der Waals surface area contributed by atoms with Crippen LogP contribution in [-0.2, 0) is 20.9 Å². The third-order valence-corrected chi connectivity index (χ3v) is 4.75. The maximum absolute atomic E-state index is 10.8. The average Bonchev–Trinajstić information content (AvgIpc) is 2.67. The molecule has 1 aromatic carbocycles. The number of aliphatic carboxylic acids is 2. The summed E-state index contributed by atoms with van der Waals surface area (Å²) in [6.07, 6.45) is -3.21. The van der Waals surface area contributed by atoms with Gasteiger partial charge < -0.3 is 14.9 Å². The molecule has 1 saturated heterocycles. The number of hydrogen-bond acceptors (Lipinski definition) is 6. The predicted molar refractivity (Wildman–Crippen MR) is 110 cm³/mol. The minimum atomic E-state index is -5.08. The molecule has 1 unspecified atom stereocenters. The van der Waals surface area contributed by atoms with Gasteiger partial charge in [0.1, 0.15) is 0 Å². The minimum absolute atomic E-state index is 0.0384. The van der Waals surface area contributed by atoms with Crippen molar-refractivity contribution in [3.63, 3.8) is 0 Å². The molecular weight excluding hydrogens is 431 g/mol. The number of likely N-dealkylation sites (N-methyl/N-ethyl adjacent to an activating group) is 1. The SMILES string of the molecule is Cc1cc(CN2CCOC(CN(C)CC(=O)O)C2)cc2cccnc12.O=C(O)C(F)(F)F. The van der Waals surface area contributed by atoms with Crippen molar-refractivity contribution in [1.82, 2.24) is 14.8 Å². The van der Waals surface area contributed by atoms with Gasteiger partial charge in [-0.15, -0.1) is 0 Å². The lowest BCUT2D eigenvalue weighted by Gasteiger charge is -2.34. The number of alkyl halides is 3. The number of rotatable bonds is 6. The van der Waals surface area contributed by atoms with Crippen LogP contribution in [0.5, 0.6) is 0 Å². The van der Waals surface area contributed by atoms with E-state index in [9.17, 15) is 18.0 Å². The molecule has 1 aromatic heterocycles. The van der Waals surface area contributed by atoms with Crippen LogP contribution in [0.1, 0.15) is 11.1 Å². The minimum Gasteiger partial charge on any atom is -0.480 e. The first-order valence-corrected chi connectivity index (χ1v) is 9.84. The molecule has 1 atom stereocenters. The van der Waals surface area contributed by atoms with Gasteiger partial charge in [-0.1, -0.05) is 12.1 Å². The second-order valence-corrected chi connectivity index (χ2v) is 7.61. The maximum atomic E-state index is 10.8. The zero-order valence-corrected chi connectivity index (χ0v) is 17.8. The molecular formula is C21H26F3N3O5. The molecule has 11 heteroatoms. The Balaban J connectivity index is 0.000000451. The number of aromatic nitrogens is 1. The van der Waals surface area contributed by atoms with Gasteiger partial charge in [0.25, 0.3) is 0 Å². The molecule has 3 rings (SSSR count). The van der Waals surface area contributed by atoms with E-state index in [-0.39, 0.29) is 12.6 Å². The standard InChI is InChI=1S/C19H25N3O3.C2HF3O2/c1-14-8-15(9-16-4-3-5-20-19(14)16)10-22-6-7-25-17(12-22)11-21(2)13-18(23)24;3-2(4,5)1(6)7/h3-5,8-9,17H,6-7,10-13H2,1-2H3,(H,23,24);(H,6,7). The summed E-state index contributed by atoms with van der Waals surface area (Å²) in [5, 5.41) is 17.2. The second-order valence-electron chi connectivity index (χ2n) is 7.61. The summed E-state index contributed by atoms with van der Waals surface area (Å²) >= 11 is 0. The molecule has 2 N–H and O–H groups in total. The fourth-order valence-electron chi connectivity index (χ4n) is 3.48. The van der Waals surface area contributed by atoms with E-state index in [1.807, 2.05) is 19.3 Å². The number of fused-ring (bicyclic) bond motifs is 1. The van der Waals surface area contributed by atoms with Crippen LogP contribution in [0.3, 0.4) is 0 Å². The van der Waals surface area contributed by atoms with Crippen LogP contribution in [-0.4, -0.2) is 89.0 Å². The molecule has 0 spiro atoms. The van der Waals surface area contributed by atoms with E-state index in [1.54, 1.807) is 4.90 Å². The van der Waals surface area contributed by atoms with Crippen LogP contribution in [0, 0.1) is 6.92 Å². The lowest BCUT2D eigenvalue weighted by molar-refractivity contribution is -0.192. The highest BCUT2D eigenvalue weighted by molar-refractivity contribution is 5.82. The van der Waals surface area contributed by atoms with Crippen molar-refractivity contribution >= 4 is 22.8 Å². The summed E-state index contributed by atoms with van der Waals surface area (Å²) in [5.41, 5.74) is 3.53. The summed E-state index contributed by atoms with van der Waals surface area (Å²) in [4.78, 5) is 28.3. The molecule has 0 bridgehead atoms. The lowest BCUT2D eigenvalue weighted by Crippen LogP contribution is -2.47. The number of aryl methyl sites for hydroxylation is 1. The van der Waals surface area contributed by atoms with Gasteiger partial charge in [0.2, 0.25) is 0 Å². The Morgan fingerprint density at radius 3 is 2.62 bits per heavy atom. The van der Waals surface area contributed by atoms with E-state index in [0.29, 0.717) is 13.2 Å². The maximum Gasteiger partial charge on any atom is 0.490 e. The number of carboxylic acids is 2. The average molecular weight is 457 g/mol. The van der Waals surface area contributed by atoms with Crippen molar-refractivity contribution in [1.29, 1.82) is 0 Å². The third-order valence-electron chi connectivity index (χ3n) is 4.75. The molecule has 1 fully saturated rings. The molecule has 8 nitrogen and oxygen atoms in total. The van der Waals surface area contributed by atoms with Crippen molar-refractivity contribution in [2.24, 2.45) is 0 Å². The summed E-state index contributed by atoms with van der Waals surface area (Å²) < 4.78 is 37.5. The third kappa shape index (κ3) is 8.06. The van der Waals surface area contributed by atoms with Gasteiger partial charge in [-0.25, -0.2) is 4.79 Å². The number of nitrogens with zero attached hydrogens (tertiary/aromatic N) is 3. The molecule has 0 amide bonds. The van der Waals surface area contributed by atoms with Crippen LogP contribution < -0.4 is 0 Å². The van der Waals surface area contributed by atoms with Crippen LogP contribution in [0.2, 0.25) is 0 Å². The number of pyridine rings is 1. The number of halogens is 3. The fraction of sp³-hybridized carbons (Fsp3) is 0.476. The van der Waals surface area contributed by atoms with E-state index in [2.05, 4.69) is 35.0 Å². The zero-order chi connectivity index (χ0) is 23.9. The van der Waals surface area contributed by atoms with Crippen LogP contribution >= 0.6 is 0 Å². The Kier molecular flexibility index (Phi) is 8.93. The molecule has 1 aliphatic heterocycles. The largest absolute Gasteiger partial charge is 0.490 e. The summed E-state index contributed by atoms with van der Waals surface area (Å²) in [6, 6.07) is 8.48. The van der Waals surface area contributed by atoms with Gasteiger partial charge >= 0.3 is 18.1 Å². The smallest absolute Gasteiger partial charge is 0.480 e. The molecule has 0 saturated carbocycles. The molecule has 2 aromatic rings. The highest BCUT2D eigenvalue weighted by Crippen LogP contribution is 2.20. The number of morpholine rings is 1. The first-order chi connectivity index (χ1) is 15.0. The highest BCUT2D eigenvalue weighted by Gasteiger charge is 2.38. The molecule has 0 aliphatic carbocycles. The highest BCUT2D eigenvalue weighted by atomic mass is 19.4. The monoisotopic (exact) mass is 457 g/mol. The predicted octanol–water partition coefficient (Wildman–Crippen LogP) is 2.39. The molecule has 0 radical (unpaired) electrons. The summed E-state index contributed by atoms with van der Waals surface area (Å²) in [5.74, 6) is -3.57. The Morgan fingerprint density at radius 1 is 1.31 bits per heavy atom.